The predicted octanol–water partition coefficient (Wildman–Crippen LogP) is 2.49. The lowest BCUT2D eigenvalue weighted by atomic mass is 10.1. The van der Waals surface area contributed by atoms with E-state index in [9.17, 15) is 14.4 Å². The molecule has 0 aliphatic carbocycles. The number of hydrogen-bond acceptors (Lipinski definition) is 3. The Kier molecular flexibility index (Phi) is 10.5. The van der Waals surface area contributed by atoms with E-state index in [-0.39, 0.29) is 18.1 Å². The molecule has 33 heavy (non-hydrogen) atoms. The first-order valence-corrected chi connectivity index (χ1v) is 10.9. The van der Waals surface area contributed by atoms with E-state index in [1.807, 2.05) is 54.6 Å². The summed E-state index contributed by atoms with van der Waals surface area (Å²) in [7, 11) is 5.04. The largest absolute Gasteiger partial charge is 0.341 e. The van der Waals surface area contributed by atoms with Crippen molar-refractivity contribution in [3.05, 3.63) is 71.3 Å². The predicted molar refractivity (Wildman–Crippen MR) is 129 cm³/mol. The molecule has 0 radical (unpaired) electrons. The maximum Gasteiger partial charge on any atom is 0.317 e. The van der Waals surface area contributed by atoms with Crippen molar-refractivity contribution >= 4 is 18.1 Å². The monoisotopic (exact) mass is 454 g/mol. The van der Waals surface area contributed by atoms with E-state index in [2.05, 4.69) is 21.3 Å². The van der Waals surface area contributed by atoms with E-state index in [0.717, 1.165) is 16.7 Å². The Hall–Kier alpha value is -3.75. The number of benzene rings is 2. The van der Waals surface area contributed by atoms with E-state index in [1.165, 1.54) is 0 Å². The van der Waals surface area contributed by atoms with Crippen molar-refractivity contribution in [2.75, 3.05) is 34.2 Å². The van der Waals surface area contributed by atoms with Gasteiger partial charge in [0.2, 0.25) is 0 Å². The molecule has 2 rings (SSSR count). The van der Waals surface area contributed by atoms with Crippen molar-refractivity contribution in [2.45, 2.75) is 26.1 Å². The lowest BCUT2D eigenvalue weighted by Gasteiger charge is -2.21. The fourth-order valence-electron chi connectivity index (χ4n) is 3.09. The average molecular weight is 455 g/mol. The van der Waals surface area contributed by atoms with Crippen molar-refractivity contribution in [3.8, 4) is 0 Å². The van der Waals surface area contributed by atoms with Crippen LogP contribution in [0.4, 0.5) is 14.4 Å². The Labute approximate surface area is 195 Å². The van der Waals surface area contributed by atoms with Crippen LogP contribution in [0.25, 0.3) is 0 Å². The van der Waals surface area contributed by atoms with Gasteiger partial charge in [0.15, 0.2) is 0 Å². The number of hydrogen-bond donors (Lipinski definition) is 4. The molecule has 9 nitrogen and oxygen atoms in total. The summed E-state index contributed by atoms with van der Waals surface area (Å²) in [6, 6.07) is 16.9. The molecule has 0 bridgehead atoms. The molecule has 4 N–H and O–H groups in total. The second-order valence-corrected chi connectivity index (χ2v) is 7.75. The SMILES string of the molecule is CNC(=O)NCc1cccc(CNC(=O)N(C)CCCN(C)C(=O)NCc2ccccc2)c1. The Balaban J connectivity index is 1.66. The van der Waals surface area contributed by atoms with Gasteiger partial charge in [0.1, 0.15) is 0 Å². The number of urea groups is 3. The van der Waals surface area contributed by atoms with Gasteiger partial charge in [-0.25, -0.2) is 14.4 Å². The van der Waals surface area contributed by atoms with E-state index in [1.54, 1.807) is 30.9 Å². The quantitative estimate of drug-likeness (QED) is 0.443. The summed E-state index contributed by atoms with van der Waals surface area (Å²) < 4.78 is 0. The van der Waals surface area contributed by atoms with Gasteiger partial charge in [0, 0.05) is 53.9 Å². The second kappa shape index (κ2) is 13.6. The van der Waals surface area contributed by atoms with Crippen LogP contribution < -0.4 is 21.3 Å². The summed E-state index contributed by atoms with van der Waals surface area (Å²) in [5, 5.41) is 11.0. The van der Waals surface area contributed by atoms with Gasteiger partial charge in [-0.05, 0) is 23.1 Å². The fraction of sp³-hybridized carbons (Fsp3) is 0.375. The van der Waals surface area contributed by atoms with Crippen molar-refractivity contribution in [1.29, 1.82) is 0 Å². The summed E-state index contributed by atoms with van der Waals surface area (Å²) in [5.74, 6) is 0. The second-order valence-electron chi connectivity index (χ2n) is 7.75. The minimum absolute atomic E-state index is 0.142. The number of carbonyl (C=O) groups excluding carboxylic acids is 3. The molecular weight excluding hydrogens is 420 g/mol. The van der Waals surface area contributed by atoms with Crippen LogP contribution in [-0.4, -0.2) is 62.1 Å². The molecule has 0 heterocycles. The third-order valence-electron chi connectivity index (χ3n) is 5.08. The highest BCUT2D eigenvalue weighted by molar-refractivity contribution is 5.74. The molecular formula is C24H34N6O3. The number of carbonyl (C=O) groups is 3. The lowest BCUT2D eigenvalue weighted by Crippen LogP contribution is -2.40. The molecule has 9 heteroatoms. The molecule has 0 spiro atoms. The van der Waals surface area contributed by atoms with Crippen LogP contribution in [0.2, 0.25) is 0 Å². The molecule has 0 saturated heterocycles. The summed E-state index contributed by atoms with van der Waals surface area (Å²) in [6.07, 6.45) is 0.666. The molecule has 0 aliphatic rings. The van der Waals surface area contributed by atoms with Gasteiger partial charge in [0.05, 0.1) is 0 Å². The third-order valence-corrected chi connectivity index (χ3v) is 5.08. The Morgan fingerprint density at radius 3 is 1.73 bits per heavy atom. The molecule has 0 unspecified atom stereocenters. The standard InChI is InChI=1S/C24H34N6O3/c1-25-22(31)26-17-20-11-7-12-21(15-20)18-28-24(33)30(3)14-8-13-29(2)23(32)27-16-19-9-5-4-6-10-19/h4-7,9-12,15H,8,13-14,16-18H2,1-3H3,(H,27,32)(H,28,33)(H2,25,26,31). The molecule has 0 saturated carbocycles. The van der Waals surface area contributed by atoms with Crippen molar-refractivity contribution in [2.24, 2.45) is 0 Å². The molecule has 178 valence electrons. The van der Waals surface area contributed by atoms with Gasteiger partial charge in [-0.15, -0.1) is 0 Å². The summed E-state index contributed by atoms with van der Waals surface area (Å²) in [5.41, 5.74) is 2.94. The first-order chi connectivity index (χ1) is 15.9. The molecule has 0 atom stereocenters. The van der Waals surface area contributed by atoms with Crippen LogP contribution in [-0.2, 0) is 19.6 Å². The molecule has 0 fully saturated rings. The molecule has 0 aromatic heterocycles. The van der Waals surface area contributed by atoms with Crippen LogP contribution in [0.1, 0.15) is 23.1 Å². The smallest absolute Gasteiger partial charge is 0.317 e. The minimum Gasteiger partial charge on any atom is -0.341 e. The van der Waals surface area contributed by atoms with Crippen molar-refractivity contribution in [3.63, 3.8) is 0 Å². The van der Waals surface area contributed by atoms with E-state index < -0.39 is 0 Å². The average Bonchev–Trinajstić information content (AvgIpc) is 2.84. The van der Waals surface area contributed by atoms with Gasteiger partial charge >= 0.3 is 18.1 Å². The molecule has 2 aromatic carbocycles. The maximum absolute atomic E-state index is 12.4. The van der Waals surface area contributed by atoms with E-state index >= 15 is 0 Å². The maximum atomic E-state index is 12.4. The lowest BCUT2D eigenvalue weighted by molar-refractivity contribution is 0.198. The van der Waals surface area contributed by atoms with Gasteiger partial charge in [-0.2, -0.15) is 0 Å². The van der Waals surface area contributed by atoms with Gasteiger partial charge in [-0.3, -0.25) is 0 Å². The Morgan fingerprint density at radius 1 is 0.697 bits per heavy atom. The number of rotatable bonds is 10. The van der Waals surface area contributed by atoms with E-state index in [0.29, 0.717) is 39.1 Å². The molecule has 6 amide bonds. The Morgan fingerprint density at radius 2 is 1.18 bits per heavy atom. The summed E-state index contributed by atoms with van der Waals surface area (Å²) >= 11 is 0. The first kappa shape index (κ1) is 25.5. The third kappa shape index (κ3) is 9.51. The topological polar surface area (TPSA) is 106 Å². The van der Waals surface area contributed by atoms with Gasteiger partial charge in [-0.1, -0.05) is 54.6 Å². The van der Waals surface area contributed by atoms with E-state index in [4.69, 9.17) is 0 Å². The van der Waals surface area contributed by atoms with Gasteiger partial charge in [0.25, 0.3) is 0 Å². The summed E-state index contributed by atoms with van der Waals surface area (Å²) in [6.45, 7) is 2.35. The zero-order valence-electron chi connectivity index (χ0n) is 19.6. The van der Waals surface area contributed by atoms with Crippen LogP contribution in [0.3, 0.4) is 0 Å². The zero-order chi connectivity index (χ0) is 24.1. The van der Waals surface area contributed by atoms with Crippen LogP contribution in [0.15, 0.2) is 54.6 Å². The van der Waals surface area contributed by atoms with Crippen LogP contribution in [0, 0.1) is 0 Å². The number of nitrogens with zero attached hydrogens (tertiary/aromatic N) is 2. The van der Waals surface area contributed by atoms with Crippen molar-refractivity contribution < 1.29 is 14.4 Å². The highest BCUT2D eigenvalue weighted by atomic mass is 16.2. The molecule has 2 aromatic rings. The Bertz CT molecular complexity index is 906. The zero-order valence-corrected chi connectivity index (χ0v) is 19.6. The minimum atomic E-state index is -0.241. The first-order valence-electron chi connectivity index (χ1n) is 10.9. The van der Waals surface area contributed by atoms with Crippen molar-refractivity contribution in [1.82, 2.24) is 31.1 Å². The highest BCUT2D eigenvalue weighted by Gasteiger charge is 2.11. The normalized spacial score (nSPS) is 10.2. The molecule has 0 aliphatic heterocycles. The van der Waals surface area contributed by atoms with Gasteiger partial charge < -0.3 is 31.1 Å². The highest BCUT2D eigenvalue weighted by Crippen LogP contribution is 2.05. The van der Waals surface area contributed by atoms with Crippen LogP contribution in [0.5, 0.6) is 0 Å². The number of amides is 6. The van der Waals surface area contributed by atoms with Crippen LogP contribution >= 0.6 is 0 Å². The number of nitrogens with one attached hydrogen (secondary N) is 4. The fourth-order valence-corrected chi connectivity index (χ4v) is 3.09. The summed E-state index contributed by atoms with van der Waals surface area (Å²) in [4.78, 5) is 39.1.